The van der Waals surface area contributed by atoms with Crippen LogP contribution in [0.5, 0.6) is 0 Å². The molecule has 1 saturated carbocycles. The smallest absolute Gasteiger partial charge is 0.326 e. The fourth-order valence-electron chi connectivity index (χ4n) is 4.75. The molecular weight excluding hydrogens is 566 g/mol. The van der Waals surface area contributed by atoms with Crippen LogP contribution < -0.4 is 11.1 Å². The van der Waals surface area contributed by atoms with Crippen LogP contribution in [-0.4, -0.2) is 27.2 Å². The van der Waals surface area contributed by atoms with Crippen LogP contribution in [-0.2, 0) is 12.7 Å². The van der Waals surface area contributed by atoms with E-state index in [1.807, 2.05) is 6.07 Å². The van der Waals surface area contributed by atoms with Crippen LogP contribution in [0, 0.1) is 28.0 Å². The molecule has 1 amide bonds. The lowest BCUT2D eigenvalue weighted by Crippen LogP contribution is -2.27. The van der Waals surface area contributed by atoms with E-state index < -0.39 is 35.3 Å². The van der Waals surface area contributed by atoms with Gasteiger partial charge in [0, 0.05) is 19.2 Å². The third-order valence-electron chi connectivity index (χ3n) is 7.05. The molecule has 1 aromatic heterocycles. The Balaban J connectivity index is 1.54. The van der Waals surface area contributed by atoms with Gasteiger partial charge in [0.25, 0.3) is 5.91 Å². The van der Waals surface area contributed by atoms with Gasteiger partial charge in [-0.3, -0.25) is 4.79 Å². The van der Waals surface area contributed by atoms with Crippen LogP contribution in [0.15, 0.2) is 78.1 Å². The molecule has 1 aliphatic rings. The van der Waals surface area contributed by atoms with E-state index in [2.05, 4.69) is 15.7 Å². The summed E-state index contributed by atoms with van der Waals surface area (Å²) in [5.41, 5.74) is 5.53. The van der Waals surface area contributed by atoms with Gasteiger partial charge < -0.3 is 11.1 Å². The van der Waals surface area contributed by atoms with Crippen molar-refractivity contribution in [3.05, 3.63) is 117 Å². The van der Waals surface area contributed by atoms with Gasteiger partial charge in [-0.2, -0.15) is 23.5 Å². The van der Waals surface area contributed by atoms with E-state index in [1.165, 1.54) is 29.3 Å². The first-order valence-corrected chi connectivity index (χ1v) is 13.3. The van der Waals surface area contributed by atoms with Crippen molar-refractivity contribution in [2.24, 2.45) is 16.9 Å². The number of alkyl halides is 3. The molecule has 0 spiro atoms. The summed E-state index contributed by atoms with van der Waals surface area (Å²) in [6.45, 7) is 0.428. The average Bonchev–Trinajstić information content (AvgIpc) is 3.70. The second-order valence-electron chi connectivity index (χ2n) is 10.2. The molecule has 1 fully saturated rings. The lowest BCUT2D eigenvalue weighted by Gasteiger charge is -2.28. The topological polar surface area (TPSA) is 129 Å². The standard InChI is InChI=1S/C30H25F4N7O2/c31-24-10-9-22(28(40(39-43)17-18-7-8-18)21-5-1-3-19(11-21)15-35)13-25(24)37-29(42)26-14-27(30(32,33)34)38-41(26)23-6-2-4-20(12-23)16-36/h1-6,9-14,18,28H,7-8,16-17,36H2,(H,37,42)/t28-/m1/s1. The zero-order chi connectivity index (χ0) is 30.7. The van der Waals surface area contributed by atoms with E-state index in [0.717, 1.165) is 23.6 Å². The zero-order valence-corrected chi connectivity index (χ0v) is 22.6. The first-order valence-electron chi connectivity index (χ1n) is 13.3. The van der Waals surface area contributed by atoms with Gasteiger partial charge in [0.2, 0.25) is 0 Å². The van der Waals surface area contributed by atoms with Crippen molar-refractivity contribution in [1.82, 2.24) is 14.8 Å². The van der Waals surface area contributed by atoms with E-state index >= 15 is 4.39 Å². The Morgan fingerprint density at radius 2 is 1.86 bits per heavy atom. The molecule has 3 N–H and O–H groups in total. The van der Waals surface area contributed by atoms with Crippen LogP contribution in [0.25, 0.3) is 5.69 Å². The molecule has 0 bridgehead atoms. The predicted molar refractivity (Wildman–Crippen MR) is 149 cm³/mol. The zero-order valence-electron chi connectivity index (χ0n) is 22.6. The number of nitrogens with one attached hydrogen (secondary N) is 1. The third-order valence-corrected chi connectivity index (χ3v) is 7.05. The number of hydrogen-bond donors (Lipinski definition) is 2. The highest BCUT2D eigenvalue weighted by Gasteiger charge is 2.36. The number of nitrogens with two attached hydrogens (primary N) is 1. The van der Waals surface area contributed by atoms with Crippen molar-refractivity contribution < 1.29 is 22.4 Å². The molecule has 0 saturated heterocycles. The summed E-state index contributed by atoms with van der Waals surface area (Å²) >= 11 is 0. The van der Waals surface area contributed by atoms with Gasteiger partial charge in [-0.1, -0.05) is 30.3 Å². The number of nitrogens with zero attached hydrogens (tertiary/aromatic N) is 5. The van der Waals surface area contributed by atoms with Gasteiger partial charge in [0.05, 0.1) is 28.3 Å². The third kappa shape index (κ3) is 6.54. The Morgan fingerprint density at radius 1 is 1.12 bits per heavy atom. The molecule has 5 rings (SSSR count). The minimum absolute atomic E-state index is 0.104. The number of nitriles is 1. The number of halogens is 4. The number of aromatic nitrogens is 2. The summed E-state index contributed by atoms with van der Waals surface area (Å²) in [5.74, 6) is -1.66. The van der Waals surface area contributed by atoms with Gasteiger partial charge >= 0.3 is 6.18 Å². The molecule has 43 heavy (non-hydrogen) atoms. The molecule has 0 unspecified atom stereocenters. The largest absolute Gasteiger partial charge is 0.435 e. The Kier molecular flexibility index (Phi) is 8.22. The van der Waals surface area contributed by atoms with Crippen molar-refractivity contribution in [2.75, 3.05) is 11.9 Å². The number of anilines is 1. The molecule has 1 atom stereocenters. The maximum absolute atomic E-state index is 15.1. The molecule has 3 aromatic carbocycles. The van der Waals surface area contributed by atoms with Gasteiger partial charge in [0.15, 0.2) is 5.69 Å². The van der Waals surface area contributed by atoms with E-state index in [1.54, 1.807) is 36.4 Å². The summed E-state index contributed by atoms with van der Waals surface area (Å²) in [7, 11) is 0. The van der Waals surface area contributed by atoms with Crippen LogP contribution in [0.2, 0.25) is 0 Å². The number of amides is 1. The second kappa shape index (κ2) is 12.0. The number of hydrogen-bond acceptors (Lipinski definition) is 6. The summed E-state index contributed by atoms with van der Waals surface area (Å²) in [5, 5.41) is 19.9. The fourth-order valence-corrected chi connectivity index (χ4v) is 4.75. The number of carbonyl (C=O) groups excluding carboxylic acids is 1. The fraction of sp³-hybridized carbons (Fsp3) is 0.233. The molecule has 0 aliphatic heterocycles. The Hall–Kier alpha value is -5.09. The van der Waals surface area contributed by atoms with E-state index in [0.29, 0.717) is 34.9 Å². The predicted octanol–water partition coefficient (Wildman–Crippen LogP) is 6.10. The minimum atomic E-state index is -4.85. The lowest BCUT2D eigenvalue weighted by atomic mass is 9.96. The minimum Gasteiger partial charge on any atom is -0.326 e. The van der Waals surface area contributed by atoms with Crippen molar-refractivity contribution in [1.29, 1.82) is 5.26 Å². The van der Waals surface area contributed by atoms with Gasteiger partial charge in [-0.05, 0) is 71.8 Å². The monoisotopic (exact) mass is 591 g/mol. The summed E-state index contributed by atoms with van der Waals surface area (Å²) in [4.78, 5) is 25.4. The molecule has 1 aliphatic carbocycles. The maximum Gasteiger partial charge on any atom is 0.435 e. The number of carbonyl (C=O) groups is 1. The first-order chi connectivity index (χ1) is 20.6. The van der Waals surface area contributed by atoms with Crippen LogP contribution in [0.1, 0.15) is 57.3 Å². The SMILES string of the molecule is N#Cc1cccc([C@H](c2ccc(F)c(NC(=O)c3cc(C(F)(F)F)nn3-c3cccc(CN)c3)c2)N(CC2CC2)N=O)c1. The first kappa shape index (κ1) is 29.4. The van der Waals surface area contributed by atoms with Crippen LogP contribution >= 0.6 is 0 Å². The highest BCUT2D eigenvalue weighted by Crippen LogP contribution is 2.37. The van der Waals surface area contributed by atoms with Gasteiger partial charge in [-0.25, -0.2) is 14.1 Å². The molecular formula is C30H25F4N7O2. The highest BCUT2D eigenvalue weighted by molar-refractivity contribution is 6.03. The maximum atomic E-state index is 15.1. The molecule has 220 valence electrons. The van der Waals surface area contributed by atoms with Crippen LogP contribution in [0.3, 0.4) is 0 Å². The van der Waals surface area contributed by atoms with E-state index in [9.17, 15) is 28.1 Å². The molecule has 13 heteroatoms. The van der Waals surface area contributed by atoms with Crippen molar-refractivity contribution in [3.8, 4) is 11.8 Å². The van der Waals surface area contributed by atoms with E-state index in [4.69, 9.17) is 5.73 Å². The van der Waals surface area contributed by atoms with Gasteiger partial charge in [0.1, 0.15) is 17.6 Å². The van der Waals surface area contributed by atoms with Crippen molar-refractivity contribution in [2.45, 2.75) is 31.6 Å². The van der Waals surface area contributed by atoms with Crippen molar-refractivity contribution >= 4 is 11.6 Å². The Morgan fingerprint density at radius 3 is 2.53 bits per heavy atom. The van der Waals surface area contributed by atoms with Crippen LogP contribution in [0.4, 0.5) is 23.2 Å². The van der Waals surface area contributed by atoms with Crippen molar-refractivity contribution in [3.63, 3.8) is 0 Å². The molecule has 9 nitrogen and oxygen atoms in total. The van der Waals surface area contributed by atoms with E-state index in [-0.39, 0.29) is 23.8 Å². The number of benzene rings is 3. The Labute approximate surface area is 243 Å². The summed E-state index contributed by atoms with van der Waals surface area (Å²) < 4.78 is 56.7. The number of nitroso groups, excluding NO2 is 1. The molecule has 1 heterocycles. The quantitative estimate of drug-likeness (QED) is 0.130. The summed E-state index contributed by atoms with van der Waals surface area (Å²) in [6, 6.07) is 18.3. The highest BCUT2D eigenvalue weighted by atomic mass is 19.4. The normalized spacial score (nSPS) is 13.7. The molecule has 4 aromatic rings. The lowest BCUT2D eigenvalue weighted by molar-refractivity contribution is -0.141. The Bertz CT molecular complexity index is 1710. The number of rotatable bonds is 10. The second-order valence-corrected chi connectivity index (χ2v) is 10.2. The molecule has 0 radical (unpaired) electrons. The average molecular weight is 592 g/mol. The van der Waals surface area contributed by atoms with Gasteiger partial charge in [-0.15, -0.1) is 4.91 Å². The summed E-state index contributed by atoms with van der Waals surface area (Å²) in [6.07, 6.45) is -3.01.